The summed E-state index contributed by atoms with van der Waals surface area (Å²) >= 11 is 6.08. The van der Waals surface area contributed by atoms with Gasteiger partial charge in [-0.05, 0) is 57.2 Å². The average molecular weight is 498 g/mol. The predicted octanol–water partition coefficient (Wildman–Crippen LogP) is 3.01. The maximum atomic E-state index is 13.2. The van der Waals surface area contributed by atoms with Crippen LogP contribution in [0.2, 0.25) is 5.02 Å². The highest BCUT2D eigenvalue weighted by Crippen LogP contribution is 2.28. The lowest BCUT2D eigenvalue weighted by Gasteiger charge is -2.19. The van der Waals surface area contributed by atoms with Crippen LogP contribution in [0.15, 0.2) is 46.3 Å². The van der Waals surface area contributed by atoms with Gasteiger partial charge < -0.3 is 20.2 Å². The lowest BCUT2D eigenvalue weighted by Crippen LogP contribution is -2.37. The van der Waals surface area contributed by atoms with Gasteiger partial charge in [0, 0.05) is 29.2 Å². The molecule has 2 aromatic carbocycles. The van der Waals surface area contributed by atoms with E-state index in [0.29, 0.717) is 44.3 Å². The summed E-state index contributed by atoms with van der Waals surface area (Å²) in [6.07, 6.45) is -0.561. The van der Waals surface area contributed by atoms with Crippen molar-refractivity contribution in [3.8, 4) is 5.69 Å². The van der Waals surface area contributed by atoms with Crippen molar-refractivity contribution in [3.63, 3.8) is 0 Å². The van der Waals surface area contributed by atoms with Crippen LogP contribution in [0, 0.1) is 0 Å². The summed E-state index contributed by atoms with van der Waals surface area (Å²) in [6, 6.07) is 9.75. The Labute approximate surface area is 205 Å². The van der Waals surface area contributed by atoms with E-state index < -0.39 is 11.7 Å². The van der Waals surface area contributed by atoms with E-state index in [1.807, 2.05) is 0 Å². The van der Waals surface area contributed by atoms with Crippen molar-refractivity contribution >= 4 is 40.2 Å². The van der Waals surface area contributed by atoms with E-state index in [2.05, 4.69) is 20.8 Å². The van der Waals surface area contributed by atoms with Gasteiger partial charge in [0.05, 0.1) is 16.6 Å². The van der Waals surface area contributed by atoms with Crippen LogP contribution in [0.4, 0.5) is 4.79 Å². The number of carbonyl (C=O) groups is 2. The summed E-state index contributed by atoms with van der Waals surface area (Å²) in [5.74, 6) is -0.0653. The molecule has 0 unspecified atom stereocenters. The van der Waals surface area contributed by atoms with E-state index in [1.54, 1.807) is 57.2 Å². The molecule has 0 saturated carbocycles. The van der Waals surface area contributed by atoms with Crippen LogP contribution in [0.1, 0.15) is 42.5 Å². The van der Waals surface area contributed by atoms with Gasteiger partial charge in [-0.3, -0.25) is 14.2 Å². The number of hydrogen-bond donors (Lipinski definition) is 2. The van der Waals surface area contributed by atoms with Crippen molar-refractivity contribution in [2.45, 2.75) is 26.4 Å². The van der Waals surface area contributed by atoms with Crippen LogP contribution in [-0.2, 0) is 9.57 Å². The van der Waals surface area contributed by atoms with E-state index in [4.69, 9.17) is 21.2 Å². The number of oxime groups is 1. The van der Waals surface area contributed by atoms with E-state index in [1.165, 1.54) is 11.7 Å². The quantitative estimate of drug-likeness (QED) is 0.322. The molecular weight excluding hydrogens is 474 g/mol. The number of carbonyl (C=O) groups excluding carboxylic acids is 2. The number of ether oxygens (including phenoxy) is 1. The van der Waals surface area contributed by atoms with Gasteiger partial charge in [0.1, 0.15) is 12.7 Å². The molecule has 1 aliphatic rings. The SMILES string of the molecule is CO/N=C1\c2cc(C(=O)NCCNC(=O)OC(C)(C)C)ccc2-n2c1nc1cc(Cl)ccc1c2=O. The van der Waals surface area contributed by atoms with Crippen LogP contribution in [0.25, 0.3) is 16.6 Å². The Morgan fingerprint density at radius 1 is 1.11 bits per heavy atom. The largest absolute Gasteiger partial charge is 0.444 e. The van der Waals surface area contributed by atoms with E-state index in [9.17, 15) is 14.4 Å². The number of halogens is 1. The van der Waals surface area contributed by atoms with Crippen LogP contribution in [0.3, 0.4) is 0 Å². The molecule has 2 N–H and O–H groups in total. The van der Waals surface area contributed by atoms with Gasteiger partial charge in [-0.2, -0.15) is 0 Å². The number of benzene rings is 2. The number of nitrogens with zero attached hydrogens (tertiary/aromatic N) is 3. The topological polar surface area (TPSA) is 124 Å². The molecule has 10 nitrogen and oxygen atoms in total. The smallest absolute Gasteiger partial charge is 0.407 e. The standard InChI is InChI=1S/C24H24ClN5O5/c1-24(2,3)35-23(33)27-10-9-26-21(31)13-5-8-18-16(11-13)19(29-34-4)20-28-17-12-14(25)6-7-15(17)22(32)30(18)20/h5-8,11-12H,9-10H2,1-4H3,(H,26,31)(H,27,33)/b29-19+. The second-order valence-electron chi connectivity index (χ2n) is 8.78. The Morgan fingerprint density at radius 3 is 2.57 bits per heavy atom. The molecule has 2 amide bonds. The van der Waals surface area contributed by atoms with Gasteiger partial charge in [-0.15, -0.1) is 0 Å². The van der Waals surface area contributed by atoms with Crippen molar-refractivity contribution in [2.75, 3.05) is 20.2 Å². The zero-order valence-electron chi connectivity index (χ0n) is 19.6. The Balaban J connectivity index is 1.57. The summed E-state index contributed by atoms with van der Waals surface area (Å²) < 4.78 is 6.60. The molecule has 11 heteroatoms. The molecular formula is C24H24ClN5O5. The van der Waals surface area contributed by atoms with E-state index in [-0.39, 0.29) is 24.6 Å². The minimum atomic E-state index is -0.605. The van der Waals surface area contributed by atoms with Gasteiger partial charge in [-0.1, -0.05) is 16.8 Å². The van der Waals surface area contributed by atoms with Crippen LogP contribution in [-0.4, -0.2) is 53.1 Å². The second-order valence-corrected chi connectivity index (χ2v) is 9.21. The lowest BCUT2D eigenvalue weighted by atomic mass is 10.1. The Bertz CT molecular complexity index is 1420. The van der Waals surface area contributed by atoms with Crippen LogP contribution in [0.5, 0.6) is 0 Å². The fraction of sp³-hybridized carbons (Fsp3) is 0.292. The van der Waals surface area contributed by atoms with Crippen molar-refractivity contribution in [1.82, 2.24) is 20.2 Å². The molecule has 0 atom stereocenters. The maximum Gasteiger partial charge on any atom is 0.407 e. The van der Waals surface area contributed by atoms with Gasteiger partial charge >= 0.3 is 6.09 Å². The van der Waals surface area contributed by atoms with Crippen LogP contribution < -0.4 is 16.2 Å². The third-order valence-corrected chi connectivity index (χ3v) is 5.29. The highest BCUT2D eigenvalue weighted by molar-refractivity contribution is 6.31. The second kappa shape index (κ2) is 9.38. The molecule has 0 saturated heterocycles. The van der Waals surface area contributed by atoms with Crippen molar-refractivity contribution in [1.29, 1.82) is 0 Å². The molecule has 1 aliphatic heterocycles. The summed E-state index contributed by atoms with van der Waals surface area (Å²) in [6.45, 7) is 5.69. The molecule has 3 aromatic rings. The first-order valence-electron chi connectivity index (χ1n) is 10.8. The number of amides is 2. The van der Waals surface area contributed by atoms with Gasteiger partial charge in [0.15, 0.2) is 11.5 Å². The monoisotopic (exact) mass is 497 g/mol. The minimum Gasteiger partial charge on any atom is -0.444 e. The lowest BCUT2D eigenvalue weighted by molar-refractivity contribution is 0.0526. The molecule has 35 heavy (non-hydrogen) atoms. The van der Waals surface area contributed by atoms with Crippen LogP contribution >= 0.6 is 11.6 Å². The molecule has 1 aromatic heterocycles. The number of hydrogen-bond acceptors (Lipinski definition) is 7. The highest BCUT2D eigenvalue weighted by atomic mass is 35.5. The zero-order valence-corrected chi connectivity index (χ0v) is 20.4. The highest BCUT2D eigenvalue weighted by Gasteiger charge is 2.30. The maximum absolute atomic E-state index is 13.2. The molecule has 0 aliphatic carbocycles. The minimum absolute atomic E-state index is 0.196. The number of fused-ring (bicyclic) bond motifs is 4. The van der Waals surface area contributed by atoms with Gasteiger partial charge in [-0.25, -0.2) is 9.78 Å². The summed E-state index contributed by atoms with van der Waals surface area (Å²) in [5.41, 5.74) is 1.27. The Hall–Kier alpha value is -3.92. The average Bonchev–Trinajstić information content (AvgIpc) is 3.08. The molecule has 0 radical (unpaired) electrons. The van der Waals surface area contributed by atoms with E-state index >= 15 is 0 Å². The predicted molar refractivity (Wildman–Crippen MR) is 132 cm³/mol. The van der Waals surface area contributed by atoms with E-state index in [0.717, 1.165) is 0 Å². The molecule has 0 spiro atoms. The number of alkyl carbamates (subject to hydrolysis) is 1. The Kier molecular flexibility index (Phi) is 6.49. The normalized spacial score (nSPS) is 13.3. The molecule has 0 bridgehead atoms. The Morgan fingerprint density at radius 2 is 1.86 bits per heavy atom. The first-order valence-corrected chi connectivity index (χ1v) is 11.2. The fourth-order valence-corrected chi connectivity index (χ4v) is 3.83. The molecule has 0 fully saturated rings. The molecule has 182 valence electrons. The molecule has 2 heterocycles. The van der Waals surface area contributed by atoms with Gasteiger partial charge in [0.2, 0.25) is 0 Å². The summed E-state index contributed by atoms with van der Waals surface area (Å²) in [7, 11) is 1.39. The van der Waals surface area contributed by atoms with Crippen molar-refractivity contribution < 1.29 is 19.2 Å². The third-order valence-electron chi connectivity index (χ3n) is 5.06. The van der Waals surface area contributed by atoms with Crippen molar-refractivity contribution in [3.05, 3.63) is 68.7 Å². The molecule has 4 rings (SSSR count). The van der Waals surface area contributed by atoms with Gasteiger partial charge in [0.25, 0.3) is 11.5 Å². The summed E-state index contributed by atoms with van der Waals surface area (Å²) in [5, 5.41) is 10.3. The number of nitrogens with one attached hydrogen (secondary N) is 2. The summed E-state index contributed by atoms with van der Waals surface area (Å²) in [4.78, 5) is 47.3. The first kappa shape index (κ1) is 24.2. The number of rotatable bonds is 5. The fourth-order valence-electron chi connectivity index (χ4n) is 3.66. The third kappa shape index (κ3) is 4.97. The first-order chi connectivity index (χ1) is 16.6. The van der Waals surface area contributed by atoms with Crippen molar-refractivity contribution in [2.24, 2.45) is 5.16 Å². The zero-order chi connectivity index (χ0) is 25.3. The number of aromatic nitrogens is 2.